The summed E-state index contributed by atoms with van der Waals surface area (Å²) in [5.41, 5.74) is 0. The van der Waals surface area contributed by atoms with Crippen LogP contribution in [0.3, 0.4) is 0 Å². The zero-order valence-corrected chi connectivity index (χ0v) is 10.6. The van der Waals surface area contributed by atoms with Gasteiger partial charge in [-0.25, -0.2) is 4.99 Å². The Hall–Kier alpha value is -0.280. The molecule has 1 rings (SSSR count). The number of aliphatic imine (C=N–C) groups is 1. The molecule has 16 heavy (non-hydrogen) atoms. The molecule has 0 aromatic carbocycles. The third kappa shape index (κ3) is 7.07. The standard InChI is InChI=1S/C12H21NO2S/c16-11-13-8-4-1-2-5-9-14-12-7-3-6-10-15-12/h12H,1-10H2. The van der Waals surface area contributed by atoms with Crippen molar-refractivity contribution in [3.8, 4) is 0 Å². The zero-order valence-electron chi connectivity index (χ0n) is 9.82. The van der Waals surface area contributed by atoms with Crippen molar-refractivity contribution in [1.29, 1.82) is 0 Å². The van der Waals surface area contributed by atoms with Gasteiger partial charge in [0.1, 0.15) is 0 Å². The number of isothiocyanates is 1. The van der Waals surface area contributed by atoms with Crippen LogP contribution in [0.4, 0.5) is 0 Å². The second kappa shape index (κ2) is 9.91. The van der Waals surface area contributed by atoms with E-state index in [-0.39, 0.29) is 6.29 Å². The van der Waals surface area contributed by atoms with Crippen LogP contribution < -0.4 is 0 Å². The van der Waals surface area contributed by atoms with E-state index < -0.39 is 0 Å². The van der Waals surface area contributed by atoms with Crippen molar-refractivity contribution in [2.75, 3.05) is 19.8 Å². The third-order valence-electron chi connectivity index (χ3n) is 2.67. The molecular weight excluding hydrogens is 222 g/mol. The SMILES string of the molecule is S=C=NCCCCCCOC1CCCCO1. The van der Waals surface area contributed by atoms with Crippen molar-refractivity contribution in [3.63, 3.8) is 0 Å². The predicted molar refractivity (Wildman–Crippen MR) is 67.9 cm³/mol. The van der Waals surface area contributed by atoms with Crippen LogP contribution in [0, 0.1) is 0 Å². The average Bonchev–Trinajstić information content (AvgIpc) is 2.34. The molecule has 0 aromatic rings. The first-order chi connectivity index (χ1) is 7.93. The maximum atomic E-state index is 5.64. The minimum absolute atomic E-state index is 0.0631. The second-order valence-corrected chi connectivity index (χ2v) is 4.24. The van der Waals surface area contributed by atoms with Crippen LogP contribution in [0.5, 0.6) is 0 Å². The monoisotopic (exact) mass is 243 g/mol. The number of hydrogen-bond donors (Lipinski definition) is 0. The van der Waals surface area contributed by atoms with Crippen LogP contribution >= 0.6 is 12.2 Å². The van der Waals surface area contributed by atoms with Gasteiger partial charge in [0.2, 0.25) is 0 Å². The molecule has 1 aliphatic heterocycles. The Bertz CT molecular complexity index is 211. The van der Waals surface area contributed by atoms with E-state index >= 15 is 0 Å². The molecule has 0 saturated carbocycles. The number of ether oxygens (including phenoxy) is 2. The molecule has 0 radical (unpaired) electrons. The van der Waals surface area contributed by atoms with Gasteiger partial charge < -0.3 is 9.47 Å². The number of nitrogens with zero attached hydrogens (tertiary/aromatic N) is 1. The Morgan fingerprint density at radius 2 is 2.12 bits per heavy atom. The van der Waals surface area contributed by atoms with E-state index in [2.05, 4.69) is 22.4 Å². The second-order valence-electron chi connectivity index (χ2n) is 4.05. The fourth-order valence-corrected chi connectivity index (χ4v) is 1.84. The fraction of sp³-hybridized carbons (Fsp3) is 0.917. The predicted octanol–water partition coefficient (Wildman–Crippen LogP) is 3.19. The highest BCUT2D eigenvalue weighted by molar-refractivity contribution is 7.78. The lowest BCUT2D eigenvalue weighted by molar-refractivity contribution is -0.162. The quantitative estimate of drug-likeness (QED) is 0.372. The molecule has 3 nitrogen and oxygen atoms in total. The lowest BCUT2D eigenvalue weighted by Crippen LogP contribution is -2.22. The normalized spacial score (nSPS) is 20.4. The van der Waals surface area contributed by atoms with Gasteiger partial charge in [0.25, 0.3) is 0 Å². The van der Waals surface area contributed by atoms with E-state index in [0.717, 1.165) is 39.0 Å². The summed E-state index contributed by atoms with van der Waals surface area (Å²) in [5.74, 6) is 0. The minimum atomic E-state index is 0.0631. The van der Waals surface area contributed by atoms with Crippen molar-refractivity contribution in [2.45, 2.75) is 51.2 Å². The summed E-state index contributed by atoms with van der Waals surface area (Å²) in [4.78, 5) is 3.88. The van der Waals surface area contributed by atoms with Crippen LogP contribution in [0.1, 0.15) is 44.9 Å². The van der Waals surface area contributed by atoms with Crippen LogP contribution in [-0.2, 0) is 9.47 Å². The molecular formula is C12H21NO2S. The van der Waals surface area contributed by atoms with E-state index in [1.165, 1.54) is 25.7 Å². The van der Waals surface area contributed by atoms with E-state index in [1.807, 2.05) is 0 Å². The topological polar surface area (TPSA) is 30.8 Å². The zero-order chi connectivity index (χ0) is 11.5. The highest BCUT2D eigenvalue weighted by atomic mass is 32.1. The molecule has 92 valence electrons. The maximum Gasteiger partial charge on any atom is 0.157 e. The summed E-state index contributed by atoms with van der Waals surface area (Å²) in [5, 5.41) is 2.38. The van der Waals surface area contributed by atoms with Crippen molar-refractivity contribution in [1.82, 2.24) is 0 Å². The average molecular weight is 243 g/mol. The Morgan fingerprint density at radius 1 is 1.25 bits per heavy atom. The summed E-state index contributed by atoms with van der Waals surface area (Å²) in [6, 6.07) is 0. The molecule has 1 fully saturated rings. The molecule has 0 spiro atoms. The first-order valence-electron chi connectivity index (χ1n) is 6.20. The first kappa shape index (κ1) is 13.8. The lowest BCUT2D eigenvalue weighted by Gasteiger charge is -2.22. The molecule has 1 aliphatic rings. The van der Waals surface area contributed by atoms with Crippen molar-refractivity contribution >= 4 is 17.4 Å². The minimum Gasteiger partial charge on any atom is -0.353 e. The summed E-state index contributed by atoms with van der Waals surface area (Å²) < 4.78 is 11.1. The van der Waals surface area contributed by atoms with Gasteiger partial charge in [0, 0.05) is 19.8 Å². The lowest BCUT2D eigenvalue weighted by atomic mass is 10.2. The number of thiocarbonyl (C=S) groups is 1. The number of unbranched alkanes of at least 4 members (excludes halogenated alkanes) is 3. The van der Waals surface area contributed by atoms with Gasteiger partial charge in [-0.05, 0) is 44.3 Å². The molecule has 1 heterocycles. The van der Waals surface area contributed by atoms with E-state index in [9.17, 15) is 0 Å². The van der Waals surface area contributed by atoms with Gasteiger partial charge in [-0.15, -0.1) is 0 Å². The highest BCUT2D eigenvalue weighted by Crippen LogP contribution is 2.14. The van der Waals surface area contributed by atoms with Gasteiger partial charge in [-0.2, -0.15) is 0 Å². The van der Waals surface area contributed by atoms with Gasteiger partial charge in [0.15, 0.2) is 6.29 Å². The molecule has 1 atom stereocenters. The Kier molecular flexibility index (Phi) is 8.54. The molecule has 4 heteroatoms. The molecule has 1 saturated heterocycles. The summed E-state index contributed by atoms with van der Waals surface area (Å²) >= 11 is 4.49. The molecule has 0 amide bonds. The van der Waals surface area contributed by atoms with Crippen LogP contribution in [-0.4, -0.2) is 31.2 Å². The Morgan fingerprint density at radius 3 is 2.88 bits per heavy atom. The molecule has 0 N–H and O–H groups in total. The van der Waals surface area contributed by atoms with Gasteiger partial charge in [0.05, 0.1) is 5.16 Å². The van der Waals surface area contributed by atoms with E-state index in [4.69, 9.17) is 9.47 Å². The fourth-order valence-electron chi connectivity index (χ4n) is 1.75. The summed E-state index contributed by atoms with van der Waals surface area (Å²) in [6.07, 6.45) is 8.14. The first-order valence-corrected chi connectivity index (χ1v) is 6.61. The molecule has 0 aliphatic carbocycles. The van der Waals surface area contributed by atoms with Crippen molar-refractivity contribution < 1.29 is 9.47 Å². The summed E-state index contributed by atoms with van der Waals surface area (Å²) in [6.45, 7) is 2.50. The number of hydrogen-bond acceptors (Lipinski definition) is 4. The third-order valence-corrected chi connectivity index (χ3v) is 2.80. The molecule has 0 aromatic heterocycles. The van der Waals surface area contributed by atoms with Crippen molar-refractivity contribution in [3.05, 3.63) is 0 Å². The molecule has 1 unspecified atom stereocenters. The smallest absolute Gasteiger partial charge is 0.157 e. The largest absolute Gasteiger partial charge is 0.353 e. The van der Waals surface area contributed by atoms with E-state index in [0.29, 0.717) is 0 Å². The Labute approximate surface area is 103 Å². The Balaban J connectivity index is 1.82. The van der Waals surface area contributed by atoms with Crippen LogP contribution in [0.25, 0.3) is 0 Å². The summed E-state index contributed by atoms with van der Waals surface area (Å²) in [7, 11) is 0. The van der Waals surface area contributed by atoms with Crippen LogP contribution in [0.2, 0.25) is 0 Å². The van der Waals surface area contributed by atoms with Crippen molar-refractivity contribution in [2.24, 2.45) is 4.99 Å². The number of rotatable bonds is 8. The maximum absolute atomic E-state index is 5.64. The van der Waals surface area contributed by atoms with Gasteiger partial charge >= 0.3 is 0 Å². The molecule has 0 bridgehead atoms. The van der Waals surface area contributed by atoms with Gasteiger partial charge in [-0.3, -0.25) is 0 Å². The van der Waals surface area contributed by atoms with Gasteiger partial charge in [-0.1, -0.05) is 12.8 Å². The highest BCUT2D eigenvalue weighted by Gasteiger charge is 2.12. The van der Waals surface area contributed by atoms with E-state index in [1.54, 1.807) is 0 Å². The van der Waals surface area contributed by atoms with Crippen LogP contribution in [0.15, 0.2) is 4.99 Å².